The van der Waals surface area contributed by atoms with Crippen LogP contribution in [0.4, 0.5) is 4.39 Å². The molecule has 0 spiro atoms. The fourth-order valence-electron chi connectivity index (χ4n) is 2.53. The molecule has 1 aromatic rings. The molecule has 1 aliphatic carbocycles. The van der Waals surface area contributed by atoms with Crippen LogP contribution >= 0.6 is 15.9 Å². The summed E-state index contributed by atoms with van der Waals surface area (Å²) in [6.45, 7) is 5.49. The molecular weight excluding hydrogens is 293 g/mol. The summed E-state index contributed by atoms with van der Waals surface area (Å²) < 4.78 is 13.7. The molecule has 2 rings (SSSR count). The Labute approximate surface area is 117 Å². The van der Waals surface area contributed by atoms with Crippen molar-refractivity contribution in [3.63, 3.8) is 0 Å². The van der Waals surface area contributed by atoms with Crippen molar-refractivity contribution < 1.29 is 4.39 Å². The van der Waals surface area contributed by atoms with E-state index < -0.39 is 0 Å². The van der Waals surface area contributed by atoms with Crippen LogP contribution in [0.1, 0.15) is 32.3 Å². The third-order valence-corrected chi connectivity index (χ3v) is 4.45. The smallest absolute Gasteiger partial charge is 0.137 e. The lowest BCUT2D eigenvalue weighted by molar-refractivity contribution is 0.168. The van der Waals surface area contributed by atoms with Gasteiger partial charge in [0.2, 0.25) is 0 Å². The van der Waals surface area contributed by atoms with E-state index in [0.29, 0.717) is 10.5 Å². The highest BCUT2D eigenvalue weighted by molar-refractivity contribution is 9.10. The Balaban J connectivity index is 1.87. The number of nitrogens with one attached hydrogen (secondary N) is 1. The molecular formula is C15H21BrFN. The van der Waals surface area contributed by atoms with Gasteiger partial charge in [-0.1, -0.05) is 19.9 Å². The molecule has 0 aliphatic heterocycles. The minimum atomic E-state index is -0.176. The Morgan fingerprint density at radius 1 is 1.33 bits per heavy atom. The molecule has 0 bridgehead atoms. The first-order valence-corrected chi connectivity index (χ1v) is 7.53. The molecule has 0 aromatic heterocycles. The molecule has 0 radical (unpaired) electrons. The van der Waals surface area contributed by atoms with Crippen LogP contribution < -0.4 is 5.32 Å². The zero-order valence-corrected chi connectivity index (χ0v) is 12.6. The van der Waals surface area contributed by atoms with Crippen molar-refractivity contribution >= 4 is 15.9 Å². The van der Waals surface area contributed by atoms with E-state index in [1.807, 2.05) is 12.1 Å². The van der Waals surface area contributed by atoms with Gasteiger partial charge in [0.25, 0.3) is 0 Å². The van der Waals surface area contributed by atoms with Crippen molar-refractivity contribution in [3.05, 3.63) is 34.1 Å². The zero-order valence-electron chi connectivity index (χ0n) is 11.0. The molecule has 2 unspecified atom stereocenters. The second-order valence-electron chi connectivity index (χ2n) is 5.61. The largest absolute Gasteiger partial charge is 0.314 e. The molecule has 0 amide bonds. The number of rotatable bonds is 5. The van der Waals surface area contributed by atoms with Crippen molar-refractivity contribution in [3.8, 4) is 0 Å². The zero-order chi connectivity index (χ0) is 13.1. The molecule has 100 valence electrons. The van der Waals surface area contributed by atoms with E-state index in [-0.39, 0.29) is 5.82 Å². The van der Waals surface area contributed by atoms with Gasteiger partial charge in [-0.25, -0.2) is 4.39 Å². The molecule has 1 aliphatic rings. The van der Waals surface area contributed by atoms with Gasteiger partial charge >= 0.3 is 0 Å². The summed E-state index contributed by atoms with van der Waals surface area (Å²) in [5.41, 5.74) is 1.24. The van der Waals surface area contributed by atoms with Gasteiger partial charge in [0, 0.05) is 6.04 Å². The van der Waals surface area contributed by atoms with Crippen LogP contribution in [0.15, 0.2) is 22.7 Å². The van der Waals surface area contributed by atoms with Gasteiger partial charge in [-0.2, -0.15) is 0 Å². The average molecular weight is 314 g/mol. The minimum Gasteiger partial charge on any atom is -0.314 e. The van der Waals surface area contributed by atoms with Crippen molar-refractivity contribution in [2.75, 3.05) is 6.54 Å². The summed E-state index contributed by atoms with van der Waals surface area (Å²) >= 11 is 3.25. The van der Waals surface area contributed by atoms with Crippen molar-refractivity contribution in [2.24, 2.45) is 11.8 Å². The molecule has 1 aromatic carbocycles. The monoisotopic (exact) mass is 313 g/mol. The van der Waals surface area contributed by atoms with E-state index in [1.165, 1.54) is 18.4 Å². The van der Waals surface area contributed by atoms with Gasteiger partial charge in [0.05, 0.1) is 4.47 Å². The van der Waals surface area contributed by atoms with E-state index in [2.05, 4.69) is 35.1 Å². The summed E-state index contributed by atoms with van der Waals surface area (Å²) in [5.74, 6) is 1.37. The predicted octanol–water partition coefficient (Wildman–Crippen LogP) is 4.15. The Morgan fingerprint density at radius 2 is 2.06 bits per heavy atom. The third kappa shape index (κ3) is 3.55. The van der Waals surface area contributed by atoms with Gasteiger partial charge in [-0.05, 0) is 71.3 Å². The fraction of sp³-hybridized carbons (Fsp3) is 0.600. The fourth-order valence-corrected chi connectivity index (χ4v) is 2.96. The van der Waals surface area contributed by atoms with Gasteiger partial charge in [0.1, 0.15) is 5.82 Å². The summed E-state index contributed by atoms with van der Waals surface area (Å²) in [6.07, 6.45) is 3.70. The standard InChI is InChI=1S/C15H21BrFN/c1-10(2)18-9-13-5-4-12(13)7-11-3-6-15(17)14(16)8-11/h3,6,8,10,12-13,18H,4-5,7,9H2,1-2H3. The van der Waals surface area contributed by atoms with Crippen molar-refractivity contribution in [1.82, 2.24) is 5.32 Å². The van der Waals surface area contributed by atoms with Gasteiger partial charge in [-0.15, -0.1) is 0 Å². The van der Waals surface area contributed by atoms with Crippen LogP contribution in [-0.2, 0) is 6.42 Å². The Morgan fingerprint density at radius 3 is 2.61 bits per heavy atom. The van der Waals surface area contributed by atoms with E-state index in [0.717, 1.165) is 24.8 Å². The molecule has 3 heteroatoms. The Kier molecular flexibility index (Phi) is 4.79. The van der Waals surface area contributed by atoms with Crippen LogP contribution in [0.5, 0.6) is 0 Å². The van der Waals surface area contributed by atoms with E-state index >= 15 is 0 Å². The first kappa shape index (κ1) is 14.0. The summed E-state index contributed by atoms with van der Waals surface area (Å²) in [7, 11) is 0. The number of hydrogen-bond acceptors (Lipinski definition) is 1. The first-order valence-electron chi connectivity index (χ1n) is 6.73. The van der Waals surface area contributed by atoms with E-state index in [9.17, 15) is 4.39 Å². The third-order valence-electron chi connectivity index (χ3n) is 3.85. The van der Waals surface area contributed by atoms with Crippen LogP contribution in [0.3, 0.4) is 0 Å². The maximum Gasteiger partial charge on any atom is 0.137 e. The predicted molar refractivity (Wildman–Crippen MR) is 77.2 cm³/mol. The van der Waals surface area contributed by atoms with E-state index in [4.69, 9.17) is 0 Å². The lowest BCUT2D eigenvalue weighted by Gasteiger charge is -2.37. The lowest BCUT2D eigenvalue weighted by atomic mass is 9.70. The van der Waals surface area contributed by atoms with Crippen LogP contribution in [0.2, 0.25) is 0 Å². The SMILES string of the molecule is CC(C)NCC1CCC1Cc1ccc(F)c(Br)c1. The molecule has 1 N–H and O–H groups in total. The maximum atomic E-state index is 13.2. The molecule has 18 heavy (non-hydrogen) atoms. The molecule has 1 saturated carbocycles. The van der Waals surface area contributed by atoms with Gasteiger partial charge in [-0.3, -0.25) is 0 Å². The van der Waals surface area contributed by atoms with Crippen LogP contribution in [0, 0.1) is 17.7 Å². The normalized spacial score (nSPS) is 23.2. The topological polar surface area (TPSA) is 12.0 Å². The Hall–Kier alpha value is -0.410. The molecule has 0 heterocycles. The Bertz CT molecular complexity index is 405. The number of benzene rings is 1. The quantitative estimate of drug-likeness (QED) is 0.861. The number of halogens is 2. The molecule has 1 fully saturated rings. The summed E-state index contributed by atoms with van der Waals surface area (Å²) in [5, 5.41) is 3.51. The maximum absolute atomic E-state index is 13.2. The second-order valence-corrected chi connectivity index (χ2v) is 6.47. The highest BCUT2D eigenvalue weighted by Crippen LogP contribution is 2.36. The second kappa shape index (κ2) is 6.16. The summed E-state index contributed by atoms with van der Waals surface area (Å²) in [4.78, 5) is 0. The van der Waals surface area contributed by atoms with Gasteiger partial charge in [0.15, 0.2) is 0 Å². The summed E-state index contributed by atoms with van der Waals surface area (Å²) in [6, 6.07) is 5.94. The highest BCUT2D eigenvalue weighted by atomic mass is 79.9. The highest BCUT2D eigenvalue weighted by Gasteiger charge is 2.30. The number of hydrogen-bond donors (Lipinski definition) is 1. The van der Waals surface area contributed by atoms with Gasteiger partial charge < -0.3 is 5.32 Å². The molecule has 1 nitrogen and oxygen atoms in total. The lowest BCUT2D eigenvalue weighted by Crippen LogP contribution is -2.38. The average Bonchev–Trinajstić information content (AvgIpc) is 2.29. The van der Waals surface area contributed by atoms with E-state index in [1.54, 1.807) is 6.07 Å². The van der Waals surface area contributed by atoms with Crippen LogP contribution in [-0.4, -0.2) is 12.6 Å². The van der Waals surface area contributed by atoms with Crippen molar-refractivity contribution in [1.29, 1.82) is 0 Å². The van der Waals surface area contributed by atoms with Crippen molar-refractivity contribution in [2.45, 2.75) is 39.2 Å². The van der Waals surface area contributed by atoms with Crippen LogP contribution in [0.25, 0.3) is 0 Å². The first-order chi connectivity index (χ1) is 8.56. The minimum absolute atomic E-state index is 0.176. The molecule has 2 atom stereocenters. The molecule has 0 saturated heterocycles.